The topological polar surface area (TPSA) is 80.2 Å². The number of rotatable bonds is 8. The summed E-state index contributed by atoms with van der Waals surface area (Å²) in [5.41, 5.74) is 3.11. The van der Waals surface area contributed by atoms with Gasteiger partial charge in [-0.25, -0.2) is 4.39 Å². The molecule has 0 aliphatic heterocycles. The van der Waals surface area contributed by atoms with Crippen LogP contribution < -0.4 is 10.6 Å². The largest absolute Gasteiger partial charge is 0.321 e. The molecule has 1 unspecified atom stereocenters. The lowest BCUT2D eigenvalue weighted by Crippen LogP contribution is -2.30. The Labute approximate surface area is 263 Å². The molecule has 1 heterocycles. The van der Waals surface area contributed by atoms with Crippen LogP contribution >= 0.6 is 11.8 Å². The SMILES string of the molecule is CC(Sc1cccc(NC(=O)/C(=C/c2ccc(F)cc2)NC(=O)c2ccccc2)c1)C(=O)n1c2ccccc2c2ccccc21. The molecule has 8 heteroatoms. The number of nitrogens with one attached hydrogen (secondary N) is 2. The Hall–Kier alpha value is -5.47. The van der Waals surface area contributed by atoms with Crippen LogP contribution in [0.15, 0.2) is 138 Å². The number of halogens is 1. The van der Waals surface area contributed by atoms with Gasteiger partial charge < -0.3 is 10.6 Å². The highest BCUT2D eigenvalue weighted by Crippen LogP contribution is 2.32. The summed E-state index contributed by atoms with van der Waals surface area (Å²) in [7, 11) is 0. The molecule has 6 aromatic rings. The molecule has 2 amide bonds. The van der Waals surface area contributed by atoms with Gasteiger partial charge in [0.15, 0.2) is 0 Å². The second kappa shape index (κ2) is 13.0. The van der Waals surface area contributed by atoms with Gasteiger partial charge >= 0.3 is 0 Å². The predicted molar refractivity (Wildman–Crippen MR) is 179 cm³/mol. The van der Waals surface area contributed by atoms with Gasteiger partial charge in [-0.3, -0.25) is 19.0 Å². The molecule has 6 nitrogen and oxygen atoms in total. The molecule has 45 heavy (non-hydrogen) atoms. The number of hydrogen-bond acceptors (Lipinski definition) is 4. The van der Waals surface area contributed by atoms with Crippen molar-refractivity contribution in [3.63, 3.8) is 0 Å². The summed E-state index contributed by atoms with van der Waals surface area (Å²) in [6, 6.07) is 37.1. The highest BCUT2D eigenvalue weighted by atomic mass is 32.2. The van der Waals surface area contributed by atoms with Gasteiger partial charge in [0, 0.05) is 26.9 Å². The summed E-state index contributed by atoms with van der Waals surface area (Å²) in [5.74, 6) is -1.48. The standard InChI is InChI=1S/C37H28FN3O3S/c1-24(37(44)41-33-16-7-5-14-30(33)31-15-6-8-17-34(31)41)45-29-13-9-12-28(23-29)39-36(43)32(22-25-18-20-27(38)21-19-25)40-35(42)26-10-3-2-4-11-26/h2-24H,1H3,(H,39,43)(H,40,42)/b32-22-. The van der Waals surface area contributed by atoms with Crippen LogP contribution in [0.3, 0.4) is 0 Å². The van der Waals surface area contributed by atoms with Crippen LogP contribution in [0.4, 0.5) is 10.1 Å². The lowest BCUT2D eigenvalue weighted by Gasteiger charge is -2.15. The quantitative estimate of drug-likeness (QED) is 0.134. The van der Waals surface area contributed by atoms with Gasteiger partial charge in [0.2, 0.25) is 5.91 Å². The third-order valence-corrected chi connectivity index (χ3v) is 8.34. The summed E-state index contributed by atoms with van der Waals surface area (Å²) in [4.78, 5) is 41.0. The Balaban J connectivity index is 1.22. The molecule has 0 aliphatic rings. The lowest BCUT2D eigenvalue weighted by atomic mass is 10.1. The summed E-state index contributed by atoms with van der Waals surface area (Å²) in [5, 5.41) is 7.14. The van der Waals surface area contributed by atoms with E-state index >= 15 is 0 Å². The van der Waals surface area contributed by atoms with Crippen LogP contribution in [0.1, 0.15) is 27.6 Å². The van der Waals surface area contributed by atoms with E-state index < -0.39 is 22.9 Å². The molecule has 1 aromatic heterocycles. The van der Waals surface area contributed by atoms with Crippen LogP contribution in [0.2, 0.25) is 0 Å². The Bertz CT molecular complexity index is 2020. The van der Waals surface area contributed by atoms with E-state index in [-0.39, 0.29) is 11.6 Å². The Morgan fingerprint density at radius 1 is 0.756 bits per heavy atom. The van der Waals surface area contributed by atoms with E-state index in [1.807, 2.05) is 61.5 Å². The van der Waals surface area contributed by atoms with Crippen molar-refractivity contribution >= 4 is 63.1 Å². The van der Waals surface area contributed by atoms with Crippen molar-refractivity contribution in [2.24, 2.45) is 0 Å². The highest BCUT2D eigenvalue weighted by Gasteiger charge is 2.22. The summed E-state index contributed by atoms with van der Waals surface area (Å²) in [6.07, 6.45) is 1.49. The number of nitrogens with zero attached hydrogens (tertiary/aromatic N) is 1. The Morgan fingerprint density at radius 2 is 1.38 bits per heavy atom. The average molecular weight is 614 g/mol. The summed E-state index contributed by atoms with van der Waals surface area (Å²) in [6.45, 7) is 1.87. The van der Waals surface area contributed by atoms with Crippen molar-refractivity contribution in [1.29, 1.82) is 0 Å². The normalized spacial score (nSPS) is 12.2. The van der Waals surface area contributed by atoms with E-state index in [4.69, 9.17) is 0 Å². The summed E-state index contributed by atoms with van der Waals surface area (Å²) < 4.78 is 15.3. The molecule has 0 bridgehead atoms. The first-order valence-corrected chi connectivity index (χ1v) is 15.2. The minimum absolute atomic E-state index is 0.0107. The molecular formula is C37H28FN3O3S. The molecular weight excluding hydrogens is 585 g/mol. The van der Waals surface area contributed by atoms with E-state index in [0.717, 1.165) is 26.7 Å². The third kappa shape index (κ3) is 6.56. The maximum atomic E-state index is 13.8. The van der Waals surface area contributed by atoms with Crippen molar-refractivity contribution in [1.82, 2.24) is 9.88 Å². The number of fused-ring (bicyclic) bond motifs is 3. The lowest BCUT2D eigenvalue weighted by molar-refractivity contribution is -0.113. The van der Waals surface area contributed by atoms with Gasteiger partial charge in [-0.15, -0.1) is 11.8 Å². The predicted octanol–water partition coefficient (Wildman–Crippen LogP) is 8.16. The van der Waals surface area contributed by atoms with E-state index in [1.165, 1.54) is 42.1 Å². The molecule has 0 saturated carbocycles. The zero-order valence-corrected chi connectivity index (χ0v) is 25.1. The Morgan fingerprint density at radius 3 is 2.04 bits per heavy atom. The molecule has 0 spiro atoms. The molecule has 5 aromatic carbocycles. The number of para-hydroxylation sites is 2. The van der Waals surface area contributed by atoms with E-state index in [9.17, 15) is 18.8 Å². The monoisotopic (exact) mass is 613 g/mol. The smallest absolute Gasteiger partial charge is 0.272 e. The fourth-order valence-electron chi connectivity index (χ4n) is 5.11. The van der Waals surface area contributed by atoms with Gasteiger partial charge in [0.05, 0.1) is 16.3 Å². The van der Waals surface area contributed by atoms with E-state index in [1.54, 1.807) is 53.1 Å². The van der Waals surface area contributed by atoms with Gasteiger partial charge in [-0.05, 0) is 73.2 Å². The van der Waals surface area contributed by atoms with Gasteiger partial charge in [-0.1, -0.05) is 72.8 Å². The highest BCUT2D eigenvalue weighted by molar-refractivity contribution is 8.00. The minimum Gasteiger partial charge on any atom is -0.321 e. The molecule has 0 aliphatic carbocycles. The second-order valence-electron chi connectivity index (χ2n) is 10.4. The number of benzene rings is 5. The van der Waals surface area contributed by atoms with Crippen LogP contribution in [0.25, 0.3) is 27.9 Å². The van der Waals surface area contributed by atoms with Crippen molar-refractivity contribution < 1.29 is 18.8 Å². The van der Waals surface area contributed by atoms with Crippen LogP contribution in [0, 0.1) is 5.82 Å². The van der Waals surface area contributed by atoms with Crippen LogP contribution in [0.5, 0.6) is 0 Å². The van der Waals surface area contributed by atoms with E-state index in [0.29, 0.717) is 16.8 Å². The first-order valence-electron chi connectivity index (χ1n) is 14.3. The molecule has 222 valence electrons. The molecule has 6 rings (SSSR count). The number of amides is 2. The summed E-state index contributed by atoms with van der Waals surface area (Å²) >= 11 is 1.39. The average Bonchev–Trinajstić information content (AvgIpc) is 3.40. The van der Waals surface area contributed by atoms with Crippen LogP contribution in [-0.2, 0) is 4.79 Å². The van der Waals surface area contributed by atoms with Crippen molar-refractivity contribution in [2.75, 3.05) is 5.32 Å². The van der Waals surface area contributed by atoms with E-state index in [2.05, 4.69) is 10.6 Å². The molecule has 0 fully saturated rings. The molecule has 0 radical (unpaired) electrons. The van der Waals surface area contributed by atoms with Gasteiger partial charge in [0.25, 0.3) is 11.8 Å². The number of thioether (sulfide) groups is 1. The number of carbonyl (C=O) groups excluding carboxylic acids is 3. The molecule has 0 saturated heterocycles. The van der Waals surface area contributed by atoms with Gasteiger partial charge in [0.1, 0.15) is 11.5 Å². The number of hydrogen-bond donors (Lipinski definition) is 2. The minimum atomic E-state index is -0.555. The first kappa shape index (κ1) is 29.6. The second-order valence-corrected chi connectivity index (χ2v) is 11.8. The maximum Gasteiger partial charge on any atom is 0.272 e. The maximum absolute atomic E-state index is 13.8. The fraction of sp³-hybridized carbons (Fsp3) is 0.0541. The number of carbonyl (C=O) groups is 3. The number of anilines is 1. The third-order valence-electron chi connectivity index (χ3n) is 7.26. The first-order chi connectivity index (χ1) is 21.9. The van der Waals surface area contributed by atoms with Crippen LogP contribution in [-0.4, -0.2) is 27.5 Å². The molecule has 1 atom stereocenters. The van der Waals surface area contributed by atoms with Crippen molar-refractivity contribution in [3.8, 4) is 0 Å². The molecule has 2 N–H and O–H groups in total. The number of aromatic nitrogens is 1. The fourth-order valence-corrected chi connectivity index (χ4v) is 6.08. The van der Waals surface area contributed by atoms with Crippen molar-refractivity contribution in [2.45, 2.75) is 17.1 Å². The zero-order chi connectivity index (χ0) is 31.3. The Kier molecular flexibility index (Phi) is 8.57. The van der Waals surface area contributed by atoms with Gasteiger partial charge in [-0.2, -0.15) is 0 Å². The van der Waals surface area contributed by atoms with Crippen molar-refractivity contribution in [3.05, 3.63) is 150 Å². The zero-order valence-electron chi connectivity index (χ0n) is 24.2.